The highest BCUT2D eigenvalue weighted by Gasteiger charge is 2.51. The molecule has 1 aliphatic rings. The van der Waals surface area contributed by atoms with Crippen LogP contribution in [-0.4, -0.2) is 38.2 Å². The maximum absolute atomic E-state index is 13.7. The van der Waals surface area contributed by atoms with E-state index in [2.05, 4.69) is 11.4 Å². The summed E-state index contributed by atoms with van der Waals surface area (Å²) >= 11 is 0. The van der Waals surface area contributed by atoms with Crippen molar-refractivity contribution in [3.8, 4) is 6.07 Å². The monoisotopic (exact) mass is 517 g/mol. The predicted octanol–water partition coefficient (Wildman–Crippen LogP) is 5.81. The molecule has 1 saturated heterocycles. The molecule has 1 heterocycles. The van der Waals surface area contributed by atoms with Gasteiger partial charge in [0.2, 0.25) is 0 Å². The van der Waals surface area contributed by atoms with Gasteiger partial charge in [0, 0.05) is 37.1 Å². The third-order valence-electron chi connectivity index (χ3n) is 6.51. The Morgan fingerprint density at radius 1 is 1.11 bits per heavy atom. The lowest BCUT2D eigenvalue weighted by Gasteiger charge is -2.32. The van der Waals surface area contributed by atoms with Gasteiger partial charge in [0.1, 0.15) is 6.29 Å². The van der Waals surface area contributed by atoms with E-state index >= 15 is 0 Å². The van der Waals surface area contributed by atoms with E-state index in [0.717, 1.165) is 6.07 Å². The molecule has 1 fully saturated rings. The summed E-state index contributed by atoms with van der Waals surface area (Å²) in [5.74, 6) is 0. The van der Waals surface area contributed by atoms with Gasteiger partial charge in [-0.15, -0.1) is 0 Å². The van der Waals surface area contributed by atoms with Crippen LogP contribution in [0.3, 0.4) is 0 Å². The van der Waals surface area contributed by atoms with E-state index in [1.54, 1.807) is 24.1 Å². The van der Waals surface area contributed by atoms with Crippen LogP contribution in [0.1, 0.15) is 69.4 Å². The number of aldehydes is 1. The van der Waals surface area contributed by atoms with Crippen molar-refractivity contribution >= 4 is 30.2 Å². The van der Waals surface area contributed by atoms with Crippen molar-refractivity contribution in [1.29, 1.82) is 5.26 Å². The van der Waals surface area contributed by atoms with Crippen LogP contribution in [0.15, 0.2) is 36.4 Å². The molecule has 0 radical (unpaired) electrons. The first-order valence-electron chi connectivity index (χ1n) is 12.3. The number of halogens is 3. The normalized spacial score (nSPS) is 15.9. The van der Waals surface area contributed by atoms with Gasteiger partial charge in [-0.25, -0.2) is 0 Å². The number of hydrogen-bond acceptors (Lipinski definition) is 6. The highest BCUT2D eigenvalue weighted by molar-refractivity contribution is 6.62. The summed E-state index contributed by atoms with van der Waals surface area (Å²) in [6.45, 7) is 12.0. The molecule has 3 rings (SSSR count). The molecule has 0 amide bonds. The van der Waals surface area contributed by atoms with Crippen LogP contribution >= 0.6 is 0 Å². The number of hydrogen-bond donors (Lipinski definition) is 1. The molecular weight excluding hydrogens is 482 g/mol. The number of carbonyl (C=O) groups excluding carboxylic acids is 1. The molecule has 10 heteroatoms. The maximum atomic E-state index is 13.7. The lowest BCUT2D eigenvalue weighted by molar-refractivity contribution is -0.138. The smallest absolute Gasteiger partial charge is 0.399 e. The molecule has 200 valence electrons. The van der Waals surface area contributed by atoms with Gasteiger partial charge in [-0.3, -0.25) is 4.79 Å². The quantitative estimate of drug-likeness (QED) is 0.271. The van der Waals surface area contributed by atoms with Crippen molar-refractivity contribution in [2.24, 2.45) is 0 Å². The Kier molecular flexibility index (Phi) is 9.81. The zero-order chi connectivity index (χ0) is 28.0. The summed E-state index contributed by atoms with van der Waals surface area (Å²) in [6, 6.07) is 11.1. The van der Waals surface area contributed by atoms with Crippen LogP contribution in [0.25, 0.3) is 0 Å². The minimum Gasteiger partial charge on any atom is -0.399 e. The fourth-order valence-corrected chi connectivity index (χ4v) is 3.82. The SMILES string of the molecule is CC.CN(Cc1c(C=O)cccc1C(F)(F)F)c1cc(NCCC#N)cc(B2OC(C)(C)C(C)(C)O2)c1. The molecule has 0 saturated carbocycles. The Balaban J connectivity index is 0.00000235. The number of benzene rings is 2. The molecular formula is C27H35BF3N3O3. The maximum Gasteiger partial charge on any atom is 0.494 e. The van der Waals surface area contributed by atoms with E-state index in [1.165, 1.54) is 12.1 Å². The second kappa shape index (κ2) is 12.0. The van der Waals surface area contributed by atoms with E-state index < -0.39 is 30.1 Å². The number of anilines is 2. The zero-order valence-corrected chi connectivity index (χ0v) is 22.5. The van der Waals surface area contributed by atoms with Crippen molar-refractivity contribution in [2.45, 2.75) is 71.9 Å². The van der Waals surface area contributed by atoms with Gasteiger partial charge >= 0.3 is 13.3 Å². The van der Waals surface area contributed by atoms with Crippen molar-refractivity contribution in [3.05, 3.63) is 53.1 Å². The molecule has 0 aliphatic carbocycles. The van der Waals surface area contributed by atoms with Gasteiger partial charge < -0.3 is 19.5 Å². The van der Waals surface area contributed by atoms with Gasteiger partial charge in [-0.05, 0) is 63.0 Å². The van der Waals surface area contributed by atoms with Crippen LogP contribution in [0.5, 0.6) is 0 Å². The van der Waals surface area contributed by atoms with Crippen LogP contribution in [-0.2, 0) is 22.0 Å². The average Bonchev–Trinajstić information content (AvgIpc) is 3.06. The van der Waals surface area contributed by atoms with Gasteiger partial charge in [0.25, 0.3) is 0 Å². The van der Waals surface area contributed by atoms with Gasteiger partial charge in [-0.2, -0.15) is 18.4 Å². The van der Waals surface area contributed by atoms with E-state index in [-0.39, 0.29) is 24.1 Å². The van der Waals surface area contributed by atoms with Crippen molar-refractivity contribution < 1.29 is 27.3 Å². The summed E-state index contributed by atoms with van der Waals surface area (Å²) in [7, 11) is 0.974. The fourth-order valence-electron chi connectivity index (χ4n) is 3.82. The van der Waals surface area contributed by atoms with E-state index in [4.69, 9.17) is 14.6 Å². The minimum atomic E-state index is -4.59. The number of nitrogens with one attached hydrogen (secondary N) is 1. The lowest BCUT2D eigenvalue weighted by Crippen LogP contribution is -2.41. The summed E-state index contributed by atoms with van der Waals surface area (Å²) in [5, 5.41) is 12.0. The summed E-state index contributed by atoms with van der Waals surface area (Å²) < 4.78 is 53.3. The lowest BCUT2D eigenvalue weighted by atomic mass is 9.78. The molecule has 6 nitrogen and oxygen atoms in total. The Hall–Kier alpha value is -3.03. The van der Waals surface area contributed by atoms with Crippen LogP contribution in [0.2, 0.25) is 0 Å². The predicted molar refractivity (Wildman–Crippen MR) is 141 cm³/mol. The van der Waals surface area contributed by atoms with E-state index in [1.807, 2.05) is 47.6 Å². The van der Waals surface area contributed by atoms with E-state index in [0.29, 0.717) is 29.7 Å². The van der Waals surface area contributed by atoms with Gasteiger partial charge in [0.15, 0.2) is 0 Å². The standard InChI is InChI=1S/C25H29BF3N3O3.C2H6/c1-23(2)24(3,4)35-26(34-23)18-12-19(31-11-7-10-30)14-20(13-18)32(5)15-21-17(16-33)8-6-9-22(21)25(27,28)29;1-2/h6,8-9,12-14,16,31H,7,11,15H2,1-5H3;1-2H3. The first kappa shape index (κ1) is 30.2. The van der Waals surface area contributed by atoms with Crippen LogP contribution in [0.4, 0.5) is 24.5 Å². The largest absolute Gasteiger partial charge is 0.494 e. The molecule has 0 spiro atoms. The fraction of sp³-hybridized carbons (Fsp3) is 0.481. The molecule has 0 bridgehead atoms. The number of rotatable bonds is 8. The molecule has 1 N–H and O–H groups in total. The molecule has 0 unspecified atom stereocenters. The van der Waals surface area contributed by atoms with Crippen molar-refractivity contribution in [2.75, 3.05) is 23.8 Å². The van der Waals surface area contributed by atoms with Crippen molar-refractivity contribution in [3.63, 3.8) is 0 Å². The Bertz CT molecular complexity index is 1110. The molecule has 2 aromatic rings. The van der Waals surface area contributed by atoms with Crippen LogP contribution in [0, 0.1) is 11.3 Å². The third kappa shape index (κ3) is 7.05. The van der Waals surface area contributed by atoms with Crippen molar-refractivity contribution in [1.82, 2.24) is 0 Å². The Morgan fingerprint density at radius 2 is 1.73 bits per heavy atom. The summed E-state index contributed by atoms with van der Waals surface area (Å²) in [5.41, 5.74) is -0.134. The van der Waals surface area contributed by atoms with Crippen LogP contribution < -0.4 is 15.7 Å². The number of nitriles is 1. The number of alkyl halides is 3. The molecule has 0 atom stereocenters. The zero-order valence-electron chi connectivity index (χ0n) is 22.5. The second-order valence-electron chi connectivity index (χ2n) is 9.58. The summed E-state index contributed by atoms with van der Waals surface area (Å²) in [4.78, 5) is 13.2. The number of nitrogens with zero attached hydrogens (tertiary/aromatic N) is 2. The molecule has 0 aromatic heterocycles. The number of carbonyl (C=O) groups is 1. The topological polar surface area (TPSA) is 74.6 Å². The first-order valence-corrected chi connectivity index (χ1v) is 12.3. The molecule has 1 aliphatic heterocycles. The molecule has 2 aromatic carbocycles. The van der Waals surface area contributed by atoms with Gasteiger partial charge in [-0.1, -0.05) is 26.0 Å². The third-order valence-corrected chi connectivity index (χ3v) is 6.51. The minimum absolute atomic E-state index is 0.0128. The second-order valence-corrected chi connectivity index (χ2v) is 9.58. The van der Waals surface area contributed by atoms with Gasteiger partial charge in [0.05, 0.1) is 29.3 Å². The van der Waals surface area contributed by atoms with E-state index in [9.17, 15) is 18.0 Å². The Labute approximate surface area is 217 Å². The Morgan fingerprint density at radius 3 is 2.27 bits per heavy atom. The summed E-state index contributed by atoms with van der Waals surface area (Å²) in [6.07, 6.45) is -3.87. The highest BCUT2D eigenvalue weighted by Crippen LogP contribution is 2.37. The average molecular weight is 517 g/mol. The highest BCUT2D eigenvalue weighted by atomic mass is 19.4. The molecule has 37 heavy (non-hydrogen) atoms. The first-order chi connectivity index (χ1) is 17.3.